The van der Waals surface area contributed by atoms with Crippen molar-refractivity contribution in [3.8, 4) is 22.1 Å². The summed E-state index contributed by atoms with van der Waals surface area (Å²) in [5, 5.41) is 18.1. The van der Waals surface area contributed by atoms with Gasteiger partial charge in [0.15, 0.2) is 11.5 Å². The first-order chi connectivity index (χ1) is 25.4. The Morgan fingerprint density at radius 2 is 1.72 bits per heavy atom. The van der Waals surface area contributed by atoms with E-state index in [1.807, 2.05) is 37.3 Å². The van der Waals surface area contributed by atoms with Crippen molar-refractivity contribution < 1.29 is 29.0 Å². The van der Waals surface area contributed by atoms with Gasteiger partial charge in [-0.2, -0.15) is 5.10 Å². The number of methoxy groups -OCH3 is 1. The molecule has 10 nitrogen and oxygen atoms in total. The number of para-hydroxylation sites is 2. The summed E-state index contributed by atoms with van der Waals surface area (Å²) < 4.78 is 8.10. The third kappa shape index (κ3) is 4.59. The van der Waals surface area contributed by atoms with Gasteiger partial charge in [0.05, 0.1) is 40.8 Å². The zero-order chi connectivity index (χ0) is 37.1. The Kier molecular flexibility index (Phi) is 7.52. The number of thiophene rings is 1. The van der Waals surface area contributed by atoms with Crippen LogP contribution in [0.5, 0.6) is 11.5 Å². The van der Waals surface area contributed by atoms with Gasteiger partial charge in [0.2, 0.25) is 23.6 Å². The lowest BCUT2D eigenvalue weighted by molar-refractivity contribution is -0.131. The van der Waals surface area contributed by atoms with Crippen LogP contribution in [0.25, 0.3) is 20.7 Å². The van der Waals surface area contributed by atoms with Crippen LogP contribution in [0.2, 0.25) is 5.02 Å². The van der Waals surface area contributed by atoms with Crippen LogP contribution in [0.15, 0.2) is 84.4 Å². The van der Waals surface area contributed by atoms with Gasteiger partial charge in [-0.15, -0.1) is 11.3 Å². The number of allylic oxidation sites excluding steroid dienone is 2. The van der Waals surface area contributed by atoms with Gasteiger partial charge in [0.1, 0.15) is 11.5 Å². The zero-order valence-electron chi connectivity index (χ0n) is 29.4. The Bertz CT molecular complexity index is 2450. The number of halogens is 1. The number of hydrogen-bond donors (Lipinski definition) is 1. The molecule has 1 saturated carbocycles. The predicted molar refractivity (Wildman–Crippen MR) is 202 cm³/mol. The predicted octanol–water partition coefficient (Wildman–Crippen LogP) is 7.41. The number of anilines is 2. The molecule has 3 aromatic carbocycles. The number of phenols is 1. The summed E-state index contributed by atoms with van der Waals surface area (Å²) in [5.41, 5.74) is 1.97. The summed E-state index contributed by atoms with van der Waals surface area (Å²) in [5.74, 6) is -4.52. The molecule has 53 heavy (non-hydrogen) atoms. The molecule has 2 aliphatic carbocycles. The van der Waals surface area contributed by atoms with Crippen LogP contribution >= 0.6 is 22.9 Å². The fourth-order valence-electron chi connectivity index (χ4n) is 9.56. The highest BCUT2D eigenvalue weighted by atomic mass is 35.5. The lowest BCUT2D eigenvalue weighted by Gasteiger charge is -2.49. The Morgan fingerprint density at radius 3 is 2.47 bits per heavy atom. The molecule has 2 aliphatic heterocycles. The summed E-state index contributed by atoms with van der Waals surface area (Å²) in [6, 6.07) is 21.5. The number of rotatable bonds is 5. The minimum Gasteiger partial charge on any atom is -0.504 e. The fourth-order valence-corrected chi connectivity index (χ4v) is 10.9. The third-order valence-corrected chi connectivity index (χ3v) is 13.6. The standard InChI is InChI=1S/C41H35ClN4O6S/c1-20-26-17-21(42)13-16-31(26)53-36(20)29-19-32(44(3)43-29)46-38(49)28-18-27-23(34(41(28,2)40(46)51)25-11-8-12-30(52-4)35(25)47)14-15-24-33(27)39(50)45(37(24)48)22-9-6-5-7-10-22/h5-14,16-17,19,24,27-28,33-34,47H,15,18H2,1-4H3/t24-,27+,28-,33-,34+,41+/m0/s1. The Labute approximate surface area is 314 Å². The molecule has 2 aromatic heterocycles. The minimum atomic E-state index is -1.35. The quantitative estimate of drug-likeness (QED) is 0.147. The summed E-state index contributed by atoms with van der Waals surface area (Å²) >= 11 is 7.88. The molecule has 4 aliphatic rings. The molecule has 0 spiro atoms. The molecule has 6 atom stereocenters. The maximum Gasteiger partial charge on any atom is 0.242 e. The van der Waals surface area contributed by atoms with E-state index in [2.05, 4.69) is 0 Å². The van der Waals surface area contributed by atoms with E-state index >= 15 is 4.79 Å². The summed E-state index contributed by atoms with van der Waals surface area (Å²) in [7, 11) is 3.17. The number of carbonyl (C=O) groups is 4. The smallest absolute Gasteiger partial charge is 0.242 e. The number of fused-ring (bicyclic) bond motifs is 5. The molecule has 2 saturated heterocycles. The summed E-state index contributed by atoms with van der Waals surface area (Å²) in [4.78, 5) is 61.6. The fraction of sp³-hybridized carbons (Fsp3) is 0.293. The highest BCUT2D eigenvalue weighted by Crippen LogP contribution is 2.65. The number of imide groups is 2. The largest absolute Gasteiger partial charge is 0.504 e. The zero-order valence-corrected chi connectivity index (χ0v) is 30.9. The van der Waals surface area contributed by atoms with E-state index in [-0.39, 0.29) is 29.7 Å². The normalized spacial score (nSPS) is 26.6. The number of phenolic OH excluding ortho intramolecular Hbond substituents is 1. The van der Waals surface area contributed by atoms with E-state index in [9.17, 15) is 19.5 Å². The maximum atomic E-state index is 15.1. The molecule has 9 rings (SSSR count). The van der Waals surface area contributed by atoms with Crippen molar-refractivity contribution >= 4 is 68.2 Å². The molecule has 0 radical (unpaired) electrons. The Morgan fingerprint density at radius 1 is 0.943 bits per heavy atom. The second-order valence-corrected chi connectivity index (χ2v) is 16.1. The second kappa shape index (κ2) is 11.9. The number of nitrogens with zero attached hydrogens (tertiary/aromatic N) is 4. The van der Waals surface area contributed by atoms with E-state index in [0.29, 0.717) is 34.2 Å². The first-order valence-corrected chi connectivity index (χ1v) is 18.7. The number of carbonyl (C=O) groups excluding carboxylic acids is 4. The highest BCUT2D eigenvalue weighted by molar-refractivity contribution is 7.22. The van der Waals surface area contributed by atoms with E-state index in [1.54, 1.807) is 78.5 Å². The molecule has 4 amide bonds. The van der Waals surface area contributed by atoms with Crippen molar-refractivity contribution in [3.05, 3.63) is 101 Å². The maximum absolute atomic E-state index is 15.1. The van der Waals surface area contributed by atoms with Gasteiger partial charge in [-0.05, 0) is 80.0 Å². The van der Waals surface area contributed by atoms with Crippen molar-refractivity contribution in [1.29, 1.82) is 0 Å². The molecule has 0 bridgehead atoms. The molecular weight excluding hydrogens is 712 g/mol. The van der Waals surface area contributed by atoms with Gasteiger partial charge < -0.3 is 9.84 Å². The number of hydrogen-bond acceptors (Lipinski definition) is 8. The van der Waals surface area contributed by atoms with Crippen molar-refractivity contribution in [2.45, 2.75) is 32.6 Å². The first-order valence-electron chi connectivity index (χ1n) is 17.6. The van der Waals surface area contributed by atoms with Crippen molar-refractivity contribution in [3.63, 3.8) is 0 Å². The van der Waals surface area contributed by atoms with Crippen molar-refractivity contribution in [2.24, 2.45) is 36.1 Å². The Hall–Kier alpha value is -5.26. The summed E-state index contributed by atoms with van der Waals surface area (Å²) in [6.45, 7) is 3.79. The summed E-state index contributed by atoms with van der Waals surface area (Å²) in [6.07, 6.45) is 2.45. The third-order valence-electron chi connectivity index (χ3n) is 12.1. The van der Waals surface area contributed by atoms with E-state index < -0.39 is 46.8 Å². The van der Waals surface area contributed by atoms with Crippen LogP contribution in [0, 0.1) is 36.0 Å². The molecule has 3 fully saturated rings. The van der Waals surface area contributed by atoms with Gasteiger partial charge in [0, 0.05) is 34.3 Å². The van der Waals surface area contributed by atoms with Gasteiger partial charge in [-0.25, -0.2) is 4.90 Å². The Balaban J connectivity index is 1.17. The van der Waals surface area contributed by atoms with E-state index in [0.717, 1.165) is 26.1 Å². The lowest BCUT2D eigenvalue weighted by Crippen LogP contribution is -2.49. The first kappa shape index (κ1) is 33.6. The van der Waals surface area contributed by atoms with Crippen LogP contribution in [0.3, 0.4) is 0 Å². The molecular formula is C41H35ClN4O6S. The second-order valence-electron chi connectivity index (χ2n) is 14.6. The van der Waals surface area contributed by atoms with E-state index in [4.69, 9.17) is 21.4 Å². The molecule has 4 heterocycles. The van der Waals surface area contributed by atoms with Gasteiger partial charge in [-0.1, -0.05) is 53.6 Å². The molecule has 1 N–H and O–H groups in total. The molecule has 12 heteroatoms. The number of benzene rings is 3. The number of aryl methyl sites for hydroxylation is 2. The minimum absolute atomic E-state index is 0.134. The molecule has 0 unspecified atom stereocenters. The number of aromatic nitrogens is 2. The number of ether oxygens (including phenoxy) is 1. The van der Waals surface area contributed by atoms with Crippen LogP contribution in [-0.4, -0.2) is 45.6 Å². The van der Waals surface area contributed by atoms with Crippen LogP contribution in [0.1, 0.15) is 36.8 Å². The highest BCUT2D eigenvalue weighted by Gasteiger charge is 2.68. The monoisotopic (exact) mass is 746 g/mol. The van der Waals surface area contributed by atoms with Crippen LogP contribution in [-0.2, 0) is 26.2 Å². The van der Waals surface area contributed by atoms with E-state index in [1.165, 1.54) is 16.9 Å². The molecule has 5 aromatic rings. The van der Waals surface area contributed by atoms with Crippen molar-refractivity contribution in [2.75, 3.05) is 16.9 Å². The molecule has 268 valence electrons. The van der Waals surface area contributed by atoms with Gasteiger partial charge in [-0.3, -0.25) is 28.8 Å². The van der Waals surface area contributed by atoms with Gasteiger partial charge >= 0.3 is 0 Å². The van der Waals surface area contributed by atoms with Gasteiger partial charge in [0.25, 0.3) is 0 Å². The van der Waals surface area contributed by atoms with Crippen molar-refractivity contribution in [1.82, 2.24) is 9.78 Å². The van der Waals surface area contributed by atoms with Crippen LogP contribution < -0.4 is 14.5 Å². The number of aromatic hydroxyl groups is 1. The average molecular weight is 747 g/mol. The number of amides is 4. The topological polar surface area (TPSA) is 122 Å². The average Bonchev–Trinajstić information content (AvgIpc) is 3.82. The lowest BCUT2D eigenvalue weighted by atomic mass is 9.51. The SMILES string of the molecule is COc1cccc([C@H]2C3=CC[C@@H]4C(=O)N(c5ccccc5)C(=O)[C@@H]4[C@@H]3C[C@H]3C(=O)N(c4cc(-c5sc6ccc(Cl)cc6c5C)nn4C)C(=O)[C@@]23C)c1O. The van der Waals surface area contributed by atoms with Crippen LogP contribution in [0.4, 0.5) is 11.5 Å².